The van der Waals surface area contributed by atoms with Gasteiger partial charge in [0.15, 0.2) is 9.59 Å². The summed E-state index contributed by atoms with van der Waals surface area (Å²) < 4.78 is 17.4. The zero-order valence-corrected chi connectivity index (χ0v) is 19.1. The number of nitrogens with one attached hydrogen (secondary N) is 1. The van der Waals surface area contributed by atoms with Gasteiger partial charge in [0.25, 0.3) is 0 Å². The van der Waals surface area contributed by atoms with Crippen molar-refractivity contribution < 1.29 is 23.8 Å². The standard InChI is InChI=1S/C17H13BrIN3O5S/c1-25-9-3-8(4-10(5-9)26-2)15-20-17(22-21-15)28-13(16(23)24)7-11-6-12(18)14(19)27-11/h3-7H,1-2H3,(H,23,24)(H,20,21,22)/b13-7-. The van der Waals surface area contributed by atoms with Crippen LogP contribution >= 0.6 is 50.3 Å². The maximum Gasteiger partial charge on any atom is 0.342 e. The molecule has 11 heteroatoms. The Morgan fingerprint density at radius 2 is 1.96 bits per heavy atom. The lowest BCUT2D eigenvalue weighted by Gasteiger charge is -2.06. The van der Waals surface area contributed by atoms with Crippen LogP contribution in [0.4, 0.5) is 0 Å². The van der Waals surface area contributed by atoms with E-state index in [0.717, 1.165) is 16.2 Å². The Balaban J connectivity index is 1.87. The number of rotatable bonds is 7. The lowest BCUT2D eigenvalue weighted by Crippen LogP contribution is -1.97. The fraction of sp³-hybridized carbons (Fsp3) is 0.118. The van der Waals surface area contributed by atoms with Gasteiger partial charge in [0.2, 0.25) is 5.16 Å². The van der Waals surface area contributed by atoms with Gasteiger partial charge in [-0.15, -0.1) is 5.10 Å². The largest absolute Gasteiger partial charge is 0.497 e. The van der Waals surface area contributed by atoms with Crippen molar-refractivity contribution in [2.75, 3.05) is 14.2 Å². The molecule has 2 N–H and O–H groups in total. The number of furan rings is 1. The van der Waals surface area contributed by atoms with E-state index < -0.39 is 5.97 Å². The predicted octanol–water partition coefficient (Wildman–Crippen LogP) is 4.67. The van der Waals surface area contributed by atoms with Crippen LogP contribution in [0.2, 0.25) is 0 Å². The van der Waals surface area contributed by atoms with E-state index in [9.17, 15) is 9.90 Å². The molecule has 0 aliphatic rings. The van der Waals surface area contributed by atoms with Gasteiger partial charge in [0.05, 0.1) is 18.7 Å². The van der Waals surface area contributed by atoms with Gasteiger partial charge < -0.3 is 19.0 Å². The highest BCUT2D eigenvalue weighted by atomic mass is 127. The van der Waals surface area contributed by atoms with Crippen molar-refractivity contribution in [1.82, 2.24) is 15.2 Å². The molecule has 0 atom stereocenters. The van der Waals surface area contributed by atoms with Crippen LogP contribution in [0.15, 0.2) is 43.2 Å². The summed E-state index contributed by atoms with van der Waals surface area (Å²) in [7, 11) is 3.11. The number of ether oxygens (including phenoxy) is 2. The van der Waals surface area contributed by atoms with E-state index in [1.165, 1.54) is 6.08 Å². The van der Waals surface area contributed by atoms with Gasteiger partial charge in [-0.1, -0.05) is 0 Å². The topological polar surface area (TPSA) is 110 Å². The number of benzene rings is 1. The molecule has 0 aliphatic carbocycles. The normalized spacial score (nSPS) is 11.5. The highest BCUT2D eigenvalue weighted by Gasteiger charge is 2.16. The third-order valence-electron chi connectivity index (χ3n) is 3.44. The van der Waals surface area contributed by atoms with Gasteiger partial charge in [0, 0.05) is 40.3 Å². The average molecular weight is 578 g/mol. The fourth-order valence-electron chi connectivity index (χ4n) is 2.16. The molecule has 0 amide bonds. The second-order valence-electron chi connectivity index (χ2n) is 5.25. The number of carboxylic acids is 1. The van der Waals surface area contributed by atoms with Crippen LogP contribution in [0.1, 0.15) is 5.76 Å². The molecule has 0 aliphatic heterocycles. The minimum Gasteiger partial charge on any atom is -0.497 e. The summed E-state index contributed by atoms with van der Waals surface area (Å²) in [6.45, 7) is 0. The molecule has 3 rings (SSSR count). The first-order valence-electron chi connectivity index (χ1n) is 7.63. The molecule has 2 heterocycles. The zero-order chi connectivity index (χ0) is 20.3. The van der Waals surface area contributed by atoms with Crippen molar-refractivity contribution in [3.63, 3.8) is 0 Å². The molecule has 0 fully saturated rings. The maximum absolute atomic E-state index is 11.6. The number of carboxylic acid groups (broad SMARTS) is 1. The third-order valence-corrected chi connectivity index (χ3v) is 6.45. The van der Waals surface area contributed by atoms with E-state index in [-0.39, 0.29) is 10.1 Å². The zero-order valence-electron chi connectivity index (χ0n) is 14.5. The first kappa shape index (κ1) is 20.7. The van der Waals surface area contributed by atoms with Crippen molar-refractivity contribution in [3.05, 3.63) is 43.2 Å². The number of H-pyrrole nitrogens is 1. The first-order valence-corrected chi connectivity index (χ1v) is 10.3. The number of methoxy groups -OCH3 is 2. The number of aliphatic carboxylic acids is 1. The molecule has 146 valence electrons. The minimum absolute atomic E-state index is 0.0198. The Kier molecular flexibility index (Phi) is 6.67. The molecule has 0 radical (unpaired) electrons. The first-order chi connectivity index (χ1) is 13.4. The lowest BCUT2D eigenvalue weighted by molar-refractivity contribution is -0.131. The van der Waals surface area contributed by atoms with E-state index in [1.807, 2.05) is 22.6 Å². The van der Waals surface area contributed by atoms with E-state index in [0.29, 0.717) is 32.4 Å². The van der Waals surface area contributed by atoms with Gasteiger partial charge in [-0.05, 0) is 45.9 Å². The Labute approximate surface area is 186 Å². The van der Waals surface area contributed by atoms with Crippen LogP contribution < -0.4 is 9.47 Å². The van der Waals surface area contributed by atoms with E-state index in [4.69, 9.17) is 13.9 Å². The smallest absolute Gasteiger partial charge is 0.342 e. The Morgan fingerprint density at radius 1 is 1.29 bits per heavy atom. The number of halogens is 2. The van der Waals surface area contributed by atoms with Crippen LogP contribution in [-0.2, 0) is 4.79 Å². The SMILES string of the molecule is COc1cc(OC)cc(-c2nc(S/C(=C\c3cc(Br)c(I)o3)C(=O)O)n[nH]2)c1. The Morgan fingerprint density at radius 3 is 2.50 bits per heavy atom. The van der Waals surface area contributed by atoms with Gasteiger partial charge in [-0.2, -0.15) is 0 Å². The Hall–Kier alpha value is -1.99. The summed E-state index contributed by atoms with van der Waals surface area (Å²) in [6.07, 6.45) is 1.42. The van der Waals surface area contributed by atoms with Crippen LogP contribution in [0.3, 0.4) is 0 Å². The molecule has 3 aromatic rings. The van der Waals surface area contributed by atoms with Gasteiger partial charge in [-0.3, -0.25) is 5.10 Å². The number of aromatic nitrogens is 3. The van der Waals surface area contributed by atoms with Crippen molar-refractivity contribution >= 4 is 62.3 Å². The highest BCUT2D eigenvalue weighted by molar-refractivity contribution is 14.1. The van der Waals surface area contributed by atoms with Crippen LogP contribution in [-0.4, -0.2) is 40.5 Å². The predicted molar refractivity (Wildman–Crippen MR) is 116 cm³/mol. The molecule has 0 saturated carbocycles. The maximum atomic E-state index is 11.6. The molecule has 1 aromatic carbocycles. The van der Waals surface area contributed by atoms with Crippen LogP contribution in [0.5, 0.6) is 11.5 Å². The van der Waals surface area contributed by atoms with E-state index in [2.05, 4.69) is 31.1 Å². The summed E-state index contributed by atoms with van der Waals surface area (Å²) in [5, 5.41) is 16.6. The van der Waals surface area contributed by atoms with Crippen LogP contribution in [0, 0.1) is 3.77 Å². The van der Waals surface area contributed by atoms with Crippen molar-refractivity contribution in [2.24, 2.45) is 0 Å². The van der Waals surface area contributed by atoms with Crippen molar-refractivity contribution in [3.8, 4) is 22.9 Å². The van der Waals surface area contributed by atoms with Crippen LogP contribution in [0.25, 0.3) is 17.5 Å². The quantitative estimate of drug-likeness (QED) is 0.237. The molecule has 28 heavy (non-hydrogen) atoms. The number of hydrogen-bond acceptors (Lipinski definition) is 7. The summed E-state index contributed by atoms with van der Waals surface area (Å²) >= 11 is 6.24. The number of thioether (sulfide) groups is 1. The third kappa shape index (κ3) is 4.89. The second kappa shape index (κ2) is 9.01. The molecule has 0 spiro atoms. The summed E-state index contributed by atoms with van der Waals surface area (Å²) in [6, 6.07) is 6.97. The molecular weight excluding hydrogens is 565 g/mol. The molecule has 0 bridgehead atoms. The minimum atomic E-state index is -1.11. The number of nitrogens with zero attached hydrogens (tertiary/aromatic N) is 2. The lowest BCUT2D eigenvalue weighted by atomic mass is 10.2. The van der Waals surface area contributed by atoms with Gasteiger partial charge >= 0.3 is 5.97 Å². The number of aromatic amines is 1. The molecule has 2 aromatic heterocycles. The summed E-state index contributed by atoms with van der Waals surface area (Å²) in [5.41, 5.74) is 0.695. The molecule has 8 nitrogen and oxygen atoms in total. The van der Waals surface area contributed by atoms with Gasteiger partial charge in [-0.25, -0.2) is 9.78 Å². The van der Waals surface area contributed by atoms with Crippen molar-refractivity contribution in [2.45, 2.75) is 5.16 Å². The van der Waals surface area contributed by atoms with E-state index in [1.54, 1.807) is 38.5 Å². The van der Waals surface area contributed by atoms with Gasteiger partial charge in [0.1, 0.15) is 22.2 Å². The second-order valence-corrected chi connectivity index (χ2v) is 8.10. The number of carbonyl (C=O) groups is 1. The Bertz CT molecular complexity index is 1010. The monoisotopic (exact) mass is 577 g/mol. The molecular formula is C17H13BrIN3O5S. The molecule has 0 saturated heterocycles. The summed E-state index contributed by atoms with van der Waals surface area (Å²) in [5.74, 6) is 0.962. The fourth-order valence-corrected chi connectivity index (χ4v) is 3.57. The van der Waals surface area contributed by atoms with E-state index >= 15 is 0 Å². The number of hydrogen-bond donors (Lipinski definition) is 2. The summed E-state index contributed by atoms with van der Waals surface area (Å²) in [4.78, 5) is 16.0. The van der Waals surface area contributed by atoms with Crippen molar-refractivity contribution in [1.29, 1.82) is 0 Å². The highest BCUT2D eigenvalue weighted by Crippen LogP contribution is 2.32. The molecule has 0 unspecified atom stereocenters. The average Bonchev–Trinajstić information content (AvgIpc) is 3.27.